The van der Waals surface area contributed by atoms with Gasteiger partial charge in [-0.2, -0.15) is 0 Å². The highest BCUT2D eigenvalue weighted by atomic mass is 79.9. The molecule has 1 aromatic carbocycles. The maximum absolute atomic E-state index is 11.9. The lowest BCUT2D eigenvalue weighted by Gasteiger charge is -2.19. The molecular formula is C15H20BrNO3. The lowest BCUT2D eigenvalue weighted by atomic mass is 9.97. The molecule has 4 nitrogen and oxygen atoms in total. The summed E-state index contributed by atoms with van der Waals surface area (Å²) in [4.78, 5) is 23.0. The monoisotopic (exact) mass is 341 g/mol. The summed E-state index contributed by atoms with van der Waals surface area (Å²) in [5.74, 6) is -1.32. The molecule has 1 rings (SSSR count). The van der Waals surface area contributed by atoms with Gasteiger partial charge in [-0.05, 0) is 29.5 Å². The van der Waals surface area contributed by atoms with E-state index in [-0.39, 0.29) is 24.2 Å². The molecular weight excluding hydrogens is 322 g/mol. The summed E-state index contributed by atoms with van der Waals surface area (Å²) >= 11 is 3.37. The highest BCUT2D eigenvalue weighted by Crippen LogP contribution is 2.21. The number of hydrogen-bond acceptors (Lipinski definition) is 2. The molecule has 0 aromatic heterocycles. The Balaban J connectivity index is 2.61. The van der Waals surface area contributed by atoms with Crippen molar-refractivity contribution in [1.29, 1.82) is 0 Å². The Morgan fingerprint density at radius 2 is 1.75 bits per heavy atom. The average molecular weight is 342 g/mol. The number of carboxylic acid groups (broad SMARTS) is 1. The van der Waals surface area contributed by atoms with Crippen molar-refractivity contribution >= 4 is 27.8 Å². The van der Waals surface area contributed by atoms with Crippen molar-refractivity contribution in [2.75, 3.05) is 0 Å². The fraction of sp³-hybridized carbons (Fsp3) is 0.467. The third-order valence-electron chi connectivity index (χ3n) is 3.18. The first-order chi connectivity index (χ1) is 9.31. The van der Waals surface area contributed by atoms with Crippen LogP contribution in [0.3, 0.4) is 0 Å². The summed E-state index contributed by atoms with van der Waals surface area (Å²) in [6, 6.07) is 6.94. The molecule has 0 aliphatic carbocycles. The molecule has 0 aliphatic heterocycles. The number of aliphatic carboxylic acids is 1. The second-order valence-corrected chi connectivity index (χ2v) is 6.20. The van der Waals surface area contributed by atoms with Gasteiger partial charge in [0.2, 0.25) is 5.91 Å². The van der Waals surface area contributed by atoms with E-state index < -0.39 is 12.0 Å². The Hall–Kier alpha value is -1.36. The first-order valence-corrected chi connectivity index (χ1v) is 7.38. The second-order valence-electron chi connectivity index (χ2n) is 5.28. The standard InChI is InChI=1S/C15H20BrNO3/c1-9(2)14(15(19)20)17-13(18)8-10(3)11-4-6-12(16)7-5-11/h4-7,9-10,14H,8H2,1-3H3,(H,17,18)(H,19,20)/t10?,14-/m0/s1. The second kappa shape index (κ2) is 7.43. The van der Waals surface area contributed by atoms with Crippen molar-refractivity contribution in [3.63, 3.8) is 0 Å². The zero-order valence-electron chi connectivity index (χ0n) is 11.9. The minimum atomic E-state index is -0.996. The van der Waals surface area contributed by atoms with Gasteiger partial charge in [-0.15, -0.1) is 0 Å². The van der Waals surface area contributed by atoms with E-state index in [1.165, 1.54) is 0 Å². The normalized spacial score (nSPS) is 13.8. The number of nitrogens with one attached hydrogen (secondary N) is 1. The van der Waals surface area contributed by atoms with Crippen LogP contribution in [0.2, 0.25) is 0 Å². The number of benzene rings is 1. The highest BCUT2D eigenvalue weighted by Gasteiger charge is 2.24. The van der Waals surface area contributed by atoms with Gasteiger partial charge in [0.15, 0.2) is 0 Å². The molecule has 0 spiro atoms. The summed E-state index contributed by atoms with van der Waals surface area (Å²) in [7, 11) is 0. The van der Waals surface area contributed by atoms with E-state index in [9.17, 15) is 9.59 Å². The molecule has 0 saturated carbocycles. The van der Waals surface area contributed by atoms with Gasteiger partial charge < -0.3 is 10.4 Å². The molecule has 0 aliphatic rings. The molecule has 0 bridgehead atoms. The molecule has 5 heteroatoms. The lowest BCUT2D eigenvalue weighted by Crippen LogP contribution is -2.44. The van der Waals surface area contributed by atoms with E-state index in [1.54, 1.807) is 13.8 Å². The first-order valence-electron chi connectivity index (χ1n) is 6.59. The van der Waals surface area contributed by atoms with E-state index in [2.05, 4.69) is 21.2 Å². The van der Waals surface area contributed by atoms with Gasteiger partial charge >= 0.3 is 5.97 Å². The number of halogens is 1. The van der Waals surface area contributed by atoms with E-state index >= 15 is 0 Å². The Labute approximate surface area is 127 Å². The van der Waals surface area contributed by atoms with Crippen LogP contribution in [-0.4, -0.2) is 23.0 Å². The van der Waals surface area contributed by atoms with Crippen molar-refractivity contribution in [1.82, 2.24) is 5.32 Å². The number of rotatable bonds is 6. The third kappa shape index (κ3) is 4.96. The van der Waals surface area contributed by atoms with Crippen LogP contribution in [-0.2, 0) is 9.59 Å². The van der Waals surface area contributed by atoms with Gasteiger partial charge in [-0.1, -0.05) is 48.8 Å². The van der Waals surface area contributed by atoms with Crippen LogP contribution >= 0.6 is 15.9 Å². The van der Waals surface area contributed by atoms with Gasteiger partial charge in [0.25, 0.3) is 0 Å². The van der Waals surface area contributed by atoms with Gasteiger partial charge in [0.1, 0.15) is 6.04 Å². The third-order valence-corrected chi connectivity index (χ3v) is 3.71. The van der Waals surface area contributed by atoms with Crippen LogP contribution in [0.5, 0.6) is 0 Å². The molecule has 20 heavy (non-hydrogen) atoms. The van der Waals surface area contributed by atoms with Crippen molar-refractivity contribution in [2.45, 2.75) is 39.2 Å². The Kier molecular flexibility index (Phi) is 6.20. The summed E-state index contributed by atoms with van der Waals surface area (Å²) in [5, 5.41) is 11.6. The smallest absolute Gasteiger partial charge is 0.326 e. The van der Waals surface area contributed by atoms with Gasteiger partial charge in [0, 0.05) is 10.9 Å². The topological polar surface area (TPSA) is 66.4 Å². The molecule has 110 valence electrons. The molecule has 0 fully saturated rings. The number of carbonyl (C=O) groups is 2. The number of amides is 1. The average Bonchev–Trinajstić information content (AvgIpc) is 2.35. The van der Waals surface area contributed by atoms with Gasteiger partial charge in [-0.3, -0.25) is 4.79 Å². The summed E-state index contributed by atoms with van der Waals surface area (Å²) in [5.41, 5.74) is 1.06. The van der Waals surface area contributed by atoms with Crippen LogP contribution in [0, 0.1) is 5.92 Å². The van der Waals surface area contributed by atoms with Crippen LogP contribution in [0.4, 0.5) is 0 Å². The molecule has 2 atom stereocenters. The van der Waals surface area contributed by atoms with E-state index in [1.807, 2.05) is 31.2 Å². The summed E-state index contributed by atoms with van der Waals surface area (Å²) in [6.07, 6.45) is 0.276. The van der Waals surface area contributed by atoms with Crippen LogP contribution in [0.15, 0.2) is 28.7 Å². The molecule has 1 amide bonds. The van der Waals surface area contributed by atoms with E-state index in [0.717, 1.165) is 10.0 Å². The summed E-state index contributed by atoms with van der Waals surface area (Å²) in [6.45, 7) is 5.50. The lowest BCUT2D eigenvalue weighted by molar-refractivity contribution is -0.143. The first kappa shape index (κ1) is 16.7. The fourth-order valence-corrected chi connectivity index (χ4v) is 2.20. The molecule has 0 radical (unpaired) electrons. The largest absolute Gasteiger partial charge is 0.480 e. The number of hydrogen-bond donors (Lipinski definition) is 2. The maximum Gasteiger partial charge on any atom is 0.326 e. The molecule has 0 saturated heterocycles. The number of carboxylic acids is 1. The fourth-order valence-electron chi connectivity index (χ4n) is 1.93. The Morgan fingerprint density at radius 3 is 2.20 bits per heavy atom. The maximum atomic E-state index is 11.9. The predicted octanol–water partition coefficient (Wildman–Crippen LogP) is 3.17. The van der Waals surface area contributed by atoms with Crippen molar-refractivity contribution in [3.05, 3.63) is 34.3 Å². The predicted molar refractivity (Wildman–Crippen MR) is 81.6 cm³/mol. The van der Waals surface area contributed by atoms with Crippen molar-refractivity contribution in [2.24, 2.45) is 5.92 Å². The highest BCUT2D eigenvalue weighted by molar-refractivity contribution is 9.10. The van der Waals surface area contributed by atoms with E-state index in [4.69, 9.17) is 5.11 Å². The zero-order valence-corrected chi connectivity index (χ0v) is 13.5. The van der Waals surface area contributed by atoms with Crippen molar-refractivity contribution in [3.8, 4) is 0 Å². The Bertz CT molecular complexity index is 471. The van der Waals surface area contributed by atoms with Crippen LogP contribution in [0.1, 0.15) is 38.7 Å². The SMILES string of the molecule is CC(CC(=O)N[C@H](C(=O)O)C(C)C)c1ccc(Br)cc1. The minimum absolute atomic E-state index is 0.0460. The molecule has 2 N–H and O–H groups in total. The quantitative estimate of drug-likeness (QED) is 0.835. The van der Waals surface area contributed by atoms with Crippen LogP contribution in [0.25, 0.3) is 0 Å². The minimum Gasteiger partial charge on any atom is -0.480 e. The Morgan fingerprint density at radius 1 is 1.20 bits per heavy atom. The zero-order chi connectivity index (χ0) is 15.3. The molecule has 1 aromatic rings. The summed E-state index contributed by atoms with van der Waals surface area (Å²) < 4.78 is 0.989. The van der Waals surface area contributed by atoms with Gasteiger partial charge in [-0.25, -0.2) is 4.79 Å². The van der Waals surface area contributed by atoms with Crippen molar-refractivity contribution < 1.29 is 14.7 Å². The van der Waals surface area contributed by atoms with E-state index in [0.29, 0.717) is 0 Å². The van der Waals surface area contributed by atoms with Crippen LogP contribution < -0.4 is 5.32 Å². The van der Waals surface area contributed by atoms with Gasteiger partial charge in [0.05, 0.1) is 0 Å². The molecule has 0 heterocycles. The molecule has 1 unspecified atom stereocenters. The number of carbonyl (C=O) groups excluding carboxylic acids is 1.